The first-order valence-corrected chi connectivity index (χ1v) is 9.12. The number of carbonyl (C=O) groups excluding carboxylic acids is 1. The molecule has 27 heavy (non-hydrogen) atoms. The van der Waals surface area contributed by atoms with Crippen molar-refractivity contribution in [2.45, 2.75) is 38.6 Å². The van der Waals surface area contributed by atoms with E-state index in [0.717, 1.165) is 35.4 Å². The Labute approximate surface area is 155 Å². The molecule has 1 atom stereocenters. The summed E-state index contributed by atoms with van der Waals surface area (Å²) in [5, 5.41) is 7.70. The number of para-hydroxylation sites is 2. The lowest BCUT2D eigenvalue weighted by atomic mass is 10.1. The fourth-order valence-corrected chi connectivity index (χ4v) is 3.40. The predicted octanol–water partition coefficient (Wildman–Crippen LogP) is 3.78. The Morgan fingerprint density at radius 2 is 2.11 bits per heavy atom. The first-order chi connectivity index (χ1) is 13.1. The van der Waals surface area contributed by atoms with E-state index in [1.165, 1.54) is 0 Å². The third kappa shape index (κ3) is 2.75. The highest BCUT2D eigenvalue weighted by Crippen LogP contribution is 2.40. The molecule has 7 nitrogen and oxygen atoms in total. The smallest absolute Gasteiger partial charge is 0.259 e. The molecule has 1 aliphatic rings. The van der Waals surface area contributed by atoms with Crippen LogP contribution in [0.5, 0.6) is 0 Å². The lowest BCUT2D eigenvalue weighted by Gasteiger charge is -2.12. The van der Waals surface area contributed by atoms with Crippen molar-refractivity contribution in [2.24, 2.45) is 0 Å². The van der Waals surface area contributed by atoms with Gasteiger partial charge in [-0.2, -0.15) is 0 Å². The Hall–Kier alpha value is -3.22. The molecule has 1 amide bonds. The van der Waals surface area contributed by atoms with Gasteiger partial charge in [0.15, 0.2) is 0 Å². The molecule has 4 aromatic rings. The number of nitrogens with one attached hydrogen (secondary N) is 2. The van der Waals surface area contributed by atoms with Gasteiger partial charge in [0.2, 0.25) is 0 Å². The Kier molecular flexibility index (Phi) is 3.50. The predicted molar refractivity (Wildman–Crippen MR) is 100 cm³/mol. The summed E-state index contributed by atoms with van der Waals surface area (Å²) >= 11 is 0. The first-order valence-electron chi connectivity index (χ1n) is 9.12. The lowest BCUT2D eigenvalue weighted by molar-refractivity contribution is 0.0940. The van der Waals surface area contributed by atoms with E-state index in [1.54, 1.807) is 0 Å². The van der Waals surface area contributed by atoms with Gasteiger partial charge >= 0.3 is 0 Å². The van der Waals surface area contributed by atoms with Gasteiger partial charge in [-0.1, -0.05) is 17.3 Å². The number of aromatic amines is 1. The van der Waals surface area contributed by atoms with Crippen molar-refractivity contribution in [3.63, 3.8) is 0 Å². The largest absolute Gasteiger partial charge is 0.342 e. The Morgan fingerprint density at radius 1 is 1.30 bits per heavy atom. The summed E-state index contributed by atoms with van der Waals surface area (Å²) in [7, 11) is 0. The molecule has 1 fully saturated rings. The summed E-state index contributed by atoms with van der Waals surface area (Å²) < 4.78 is 5.33. The van der Waals surface area contributed by atoms with Gasteiger partial charge in [0.25, 0.3) is 11.6 Å². The second-order valence-electron chi connectivity index (χ2n) is 7.15. The number of benzene rings is 1. The van der Waals surface area contributed by atoms with Crippen molar-refractivity contribution in [2.75, 3.05) is 0 Å². The molecule has 2 N–H and O–H groups in total. The van der Waals surface area contributed by atoms with E-state index in [0.29, 0.717) is 28.3 Å². The molecule has 0 bridgehead atoms. The standard InChI is InChI=1S/C20H19N5O2/c1-10-17-13(9-16(12-7-8-12)24-20(17)27-25-10)19(26)21-11(2)18-22-14-5-3-4-6-15(14)23-18/h3-6,9,11-12H,7-8H2,1-2H3,(H,21,26)(H,22,23)/t11-/m1/s1. The number of H-pyrrole nitrogens is 1. The van der Waals surface area contributed by atoms with Gasteiger partial charge in [0.1, 0.15) is 5.82 Å². The number of carbonyl (C=O) groups is 1. The normalized spacial score (nSPS) is 15.3. The van der Waals surface area contributed by atoms with Gasteiger partial charge in [-0.15, -0.1) is 0 Å². The molecule has 0 spiro atoms. The number of nitrogens with zero attached hydrogens (tertiary/aromatic N) is 3. The van der Waals surface area contributed by atoms with Crippen molar-refractivity contribution < 1.29 is 9.32 Å². The average Bonchev–Trinajstić information content (AvgIpc) is 3.32. The van der Waals surface area contributed by atoms with Crippen molar-refractivity contribution in [3.8, 4) is 0 Å². The number of aromatic nitrogens is 4. The van der Waals surface area contributed by atoms with Gasteiger partial charge in [-0.25, -0.2) is 9.97 Å². The van der Waals surface area contributed by atoms with Crippen LogP contribution in [0.3, 0.4) is 0 Å². The number of aryl methyl sites for hydroxylation is 1. The van der Waals surface area contributed by atoms with Gasteiger partial charge in [-0.05, 0) is 44.9 Å². The molecular formula is C20H19N5O2. The van der Waals surface area contributed by atoms with Crippen LogP contribution in [0.25, 0.3) is 22.1 Å². The Bertz CT molecular complexity index is 1140. The van der Waals surface area contributed by atoms with E-state index in [1.807, 2.05) is 44.2 Å². The number of amides is 1. The van der Waals surface area contributed by atoms with Crippen LogP contribution >= 0.6 is 0 Å². The maximum Gasteiger partial charge on any atom is 0.259 e. The quantitative estimate of drug-likeness (QED) is 0.577. The molecule has 5 rings (SSSR count). The molecule has 0 aliphatic heterocycles. The molecular weight excluding hydrogens is 342 g/mol. The zero-order valence-electron chi connectivity index (χ0n) is 15.1. The van der Waals surface area contributed by atoms with Crippen molar-refractivity contribution >= 4 is 28.0 Å². The molecule has 7 heteroatoms. The maximum absolute atomic E-state index is 13.1. The van der Waals surface area contributed by atoms with Crippen LogP contribution in [0.15, 0.2) is 34.9 Å². The Morgan fingerprint density at radius 3 is 2.89 bits per heavy atom. The summed E-state index contributed by atoms with van der Waals surface area (Å²) in [6, 6.07) is 9.42. The third-order valence-electron chi connectivity index (χ3n) is 5.04. The minimum absolute atomic E-state index is 0.177. The van der Waals surface area contributed by atoms with E-state index in [2.05, 4.69) is 25.4 Å². The number of fused-ring (bicyclic) bond motifs is 2. The highest BCUT2D eigenvalue weighted by molar-refractivity contribution is 6.06. The van der Waals surface area contributed by atoms with E-state index in [9.17, 15) is 4.79 Å². The van der Waals surface area contributed by atoms with Crippen molar-refractivity contribution in [1.29, 1.82) is 0 Å². The fourth-order valence-electron chi connectivity index (χ4n) is 3.40. The topological polar surface area (TPSA) is 96.7 Å². The molecule has 136 valence electrons. The van der Waals surface area contributed by atoms with Crippen molar-refractivity contribution in [1.82, 2.24) is 25.4 Å². The minimum Gasteiger partial charge on any atom is -0.342 e. The van der Waals surface area contributed by atoms with Gasteiger partial charge < -0.3 is 14.8 Å². The van der Waals surface area contributed by atoms with Crippen LogP contribution in [-0.4, -0.2) is 26.0 Å². The molecule has 0 unspecified atom stereocenters. The minimum atomic E-state index is -0.266. The zero-order valence-corrected chi connectivity index (χ0v) is 15.1. The van der Waals surface area contributed by atoms with E-state index in [-0.39, 0.29) is 11.9 Å². The molecule has 3 aromatic heterocycles. The Balaban J connectivity index is 1.49. The molecule has 1 aliphatic carbocycles. The van der Waals surface area contributed by atoms with Gasteiger partial charge in [-0.3, -0.25) is 4.79 Å². The number of imidazole rings is 1. The van der Waals surface area contributed by atoms with Crippen molar-refractivity contribution in [3.05, 3.63) is 53.1 Å². The van der Waals surface area contributed by atoms with Crippen LogP contribution in [0.1, 0.15) is 59.3 Å². The second kappa shape index (κ2) is 5.90. The lowest BCUT2D eigenvalue weighted by Crippen LogP contribution is -2.27. The monoisotopic (exact) mass is 361 g/mol. The highest BCUT2D eigenvalue weighted by atomic mass is 16.5. The fraction of sp³-hybridized carbons (Fsp3) is 0.300. The molecule has 0 radical (unpaired) electrons. The summed E-state index contributed by atoms with van der Waals surface area (Å²) in [6.07, 6.45) is 2.20. The number of rotatable bonds is 4. The summed E-state index contributed by atoms with van der Waals surface area (Å²) in [6.45, 7) is 3.74. The summed E-state index contributed by atoms with van der Waals surface area (Å²) in [5.74, 6) is 0.960. The molecule has 0 saturated heterocycles. The summed E-state index contributed by atoms with van der Waals surface area (Å²) in [5.41, 5.74) is 4.39. The SMILES string of the molecule is Cc1noc2nc(C3CC3)cc(C(=O)N[C@H](C)c3nc4ccccc4[nH]3)c12. The van der Waals surface area contributed by atoms with Crippen LogP contribution < -0.4 is 5.32 Å². The average molecular weight is 361 g/mol. The molecule has 1 saturated carbocycles. The first kappa shape index (κ1) is 16.0. The molecule has 3 heterocycles. The number of hydrogen-bond donors (Lipinski definition) is 2. The highest BCUT2D eigenvalue weighted by Gasteiger charge is 2.29. The molecule has 1 aromatic carbocycles. The maximum atomic E-state index is 13.1. The van der Waals surface area contributed by atoms with Crippen LogP contribution in [0.4, 0.5) is 0 Å². The third-order valence-corrected chi connectivity index (χ3v) is 5.04. The van der Waals surface area contributed by atoms with E-state index >= 15 is 0 Å². The van der Waals surface area contributed by atoms with Gasteiger partial charge in [0, 0.05) is 11.6 Å². The number of hydrogen-bond acceptors (Lipinski definition) is 5. The van der Waals surface area contributed by atoms with Gasteiger partial charge in [0.05, 0.1) is 33.7 Å². The number of pyridine rings is 1. The second-order valence-corrected chi connectivity index (χ2v) is 7.15. The van der Waals surface area contributed by atoms with Crippen LogP contribution in [-0.2, 0) is 0 Å². The summed E-state index contributed by atoms with van der Waals surface area (Å²) in [4.78, 5) is 25.4. The van der Waals surface area contributed by atoms with Crippen LogP contribution in [0, 0.1) is 6.92 Å². The van der Waals surface area contributed by atoms with E-state index in [4.69, 9.17) is 4.52 Å². The van der Waals surface area contributed by atoms with Crippen LogP contribution in [0.2, 0.25) is 0 Å². The van der Waals surface area contributed by atoms with E-state index < -0.39 is 0 Å². The zero-order chi connectivity index (χ0) is 18.5.